The van der Waals surface area contributed by atoms with Gasteiger partial charge in [0, 0.05) is 17.7 Å². The lowest BCUT2D eigenvalue weighted by Gasteiger charge is -2.32. The van der Waals surface area contributed by atoms with Gasteiger partial charge in [0.2, 0.25) is 0 Å². The maximum Gasteiger partial charge on any atom is 0.284 e. The fraction of sp³-hybridized carbons (Fsp3) is 0.214. The van der Waals surface area contributed by atoms with Crippen LogP contribution in [0.1, 0.15) is 36.0 Å². The van der Waals surface area contributed by atoms with Crippen LogP contribution in [0.25, 0.3) is 11.3 Å². The Hall–Kier alpha value is -4.85. The number of benzene rings is 2. The summed E-state index contributed by atoms with van der Waals surface area (Å²) in [7, 11) is 0. The highest BCUT2D eigenvalue weighted by atomic mass is 35.5. The summed E-state index contributed by atoms with van der Waals surface area (Å²) in [6, 6.07) is 17.7. The molecule has 1 aromatic heterocycles. The highest BCUT2D eigenvalue weighted by molar-refractivity contribution is 6.34. The van der Waals surface area contributed by atoms with Gasteiger partial charge in [-0.2, -0.15) is 4.91 Å². The average Bonchev–Trinajstić information content (AvgIpc) is 3.03. The lowest BCUT2D eigenvalue weighted by Crippen LogP contribution is -2.49. The number of aromatic nitrogens is 1. The van der Waals surface area contributed by atoms with Crippen LogP contribution in [-0.2, 0) is 4.79 Å². The lowest BCUT2D eigenvalue weighted by atomic mass is 9.91. The molecule has 13 nitrogen and oxygen atoms in total. The molecule has 1 saturated carbocycles. The van der Waals surface area contributed by atoms with Crippen LogP contribution in [0.5, 0.6) is 0 Å². The van der Waals surface area contributed by atoms with E-state index in [-0.39, 0.29) is 40.0 Å². The molecule has 0 bridgehead atoms. The van der Waals surface area contributed by atoms with E-state index in [4.69, 9.17) is 34.6 Å². The zero-order chi connectivity index (χ0) is 30.2. The van der Waals surface area contributed by atoms with E-state index in [0.29, 0.717) is 42.6 Å². The monoisotopic (exact) mass is 588 g/mol. The van der Waals surface area contributed by atoms with Crippen LogP contribution in [0.4, 0.5) is 11.5 Å². The quantitative estimate of drug-likeness (QED) is 0.0424. The summed E-state index contributed by atoms with van der Waals surface area (Å²) < 4.78 is 0. The number of hydrogen-bond acceptors (Lipinski definition) is 11. The van der Waals surface area contributed by atoms with E-state index in [1.165, 1.54) is 18.2 Å². The zero-order valence-corrected chi connectivity index (χ0v) is 23.2. The molecule has 14 heteroatoms. The molecular formula is C28H29ClN10O3. The minimum absolute atomic E-state index is 0.0340. The Kier molecular flexibility index (Phi) is 9.81. The van der Waals surface area contributed by atoms with Crippen molar-refractivity contribution in [3.8, 4) is 11.3 Å². The van der Waals surface area contributed by atoms with Crippen LogP contribution in [0, 0.1) is 10.4 Å². The third-order valence-electron chi connectivity index (χ3n) is 6.78. The molecule has 0 atom stereocenters. The summed E-state index contributed by atoms with van der Waals surface area (Å²) in [5, 5.41) is 8.30. The highest BCUT2D eigenvalue weighted by Crippen LogP contribution is 2.27. The van der Waals surface area contributed by atoms with Crippen molar-refractivity contribution in [1.29, 1.82) is 5.53 Å². The van der Waals surface area contributed by atoms with Crippen molar-refractivity contribution in [3.63, 3.8) is 0 Å². The van der Waals surface area contributed by atoms with Crippen LogP contribution in [0.15, 0.2) is 93.8 Å². The number of nitroso groups, excluding NO2 is 1. The predicted molar refractivity (Wildman–Crippen MR) is 159 cm³/mol. The van der Waals surface area contributed by atoms with E-state index in [1.54, 1.807) is 54.6 Å². The molecule has 216 valence electrons. The van der Waals surface area contributed by atoms with E-state index in [0.717, 1.165) is 10.0 Å². The Labute approximate surface area is 246 Å². The number of para-hydroxylation sites is 1. The second-order valence-corrected chi connectivity index (χ2v) is 9.96. The molecule has 7 N–H and O–H groups in total. The van der Waals surface area contributed by atoms with Gasteiger partial charge in [0.15, 0.2) is 11.7 Å². The Morgan fingerprint density at radius 2 is 1.71 bits per heavy atom. The van der Waals surface area contributed by atoms with Gasteiger partial charge in [-0.05, 0) is 62.1 Å². The minimum Gasteiger partial charge on any atom is -0.394 e. The minimum atomic E-state index is -0.737. The van der Waals surface area contributed by atoms with Crippen molar-refractivity contribution in [2.75, 3.05) is 0 Å². The Bertz CT molecular complexity index is 1540. The third-order valence-corrected chi connectivity index (χ3v) is 7.11. The summed E-state index contributed by atoms with van der Waals surface area (Å²) >= 11 is 6.40. The van der Waals surface area contributed by atoms with Crippen LogP contribution in [0.2, 0.25) is 5.02 Å². The second kappa shape index (κ2) is 13.7. The first-order valence-electron chi connectivity index (χ1n) is 13.0. The molecule has 4 rings (SSSR count). The molecule has 0 saturated heterocycles. The van der Waals surface area contributed by atoms with Gasteiger partial charge in [0.1, 0.15) is 5.70 Å². The largest absolute Gasteiger partial charge is 0.394 e. The smallest absolute Gasteiger partial charge is 0.284 e. The van der Waals surface area contributed by atoms with Crippen molar-refractivity contribution in [2.24, 2.45) is 32.7 Å². The highest BCUT2D eigenvalue weighted by Gasteiger charge is 2.29. The molecule has 42 heavy (non-hydrogen) atoms. The molecule has 1 aliphatic carbocycles. The first-order chi connectivity index (χ1) is 20.2. The maximum absolute atomic E-state index is 13.6. The predicted octanol–water partition coefficient (Wildman–Crippen LogP) is 4.73. The topological polar surface area (TPSA) is 210 Å². The van der Waals surface area contributed by atoms with E-state index < -0.39 is 11.8 Å². The van der Waals surface area contributed by atoms with E-state index in [1.807, 2.05) is 0 Å². The van der Waals surface area contributed by atoms with Crippen molar-refractivity contribution in [2.45, 2.75) is 37.8 Å². The molecule has 2 amide bonds. The zero-order valence-electron chi connectivity index (χ0n) is 22.4. The number of hydrazine groups is 2. The van der Waals surface area contributed by atoms with E-state index in [2.05, 4.69) is 20.3 Å². The fourth-order valence-electron chi connectivity index (χ4n) is 4.48. The summed E-state index contributed by atoms with van der Waals surface area (Å²) in [6.07, 6.45) is 3.20. The second-order valence-electron chi connectivity index (χ2n) is 9.55. The van der Waals surface area contributed by atoms with Gasteiger partial charge >= 0.3 is 0 Å². The Morgan fingerprint density at radius 3 is 2.38 bits per heavy atom. The number of pyridine rings is 1. The van der Waals surface area contributed by atoms with Crippen molar-refractivity contribution >= 4 is 40.8 Å². The number of hydrogen-bond donors (Lipinski definition) is 4. The van der Waals surface area contributed by atoms with Crippen LogP contribution in [0.3, 0.4) is 0 Å². The molecule has 0 unspecified atom stereocenters. The van der Waals surface area contributed by atoms with Crippen molar-refractivity contribution in [3.05, 3.63) is 94.0 Å². The van der Waals surface area contributed by atoms with Gasteiger partial charge in [-0.25, -0.2) is 32.2 Å². The van der Waals surface area contributed by atoms with Gasteiger partial charge in [0.25, 0.3) is 11.8 Å². The van der Waals surface area contributed by atoms with E-state index in [9.17, 15) is 14.5 Å². The molecule has 2 aromatic carbocycles. The molecule has 0 aliphatic heterocycles. The number of aliphatic imine (C=N–C) groups is 1. The standard InChI is InChI=1S/C28H29ClN10O3/c29-22-14-9-17(24-7-4-8-25(35-24)36-31)15-21(22)27(40)39(33)26(34-18-5-2-1-3-6-18)16-23(30)28(41)38(32)20-12-10-19(37-42)11-13-20/h1-9,14-16,19-20,31H,10-13,30,32-33H2. The number of carbonyl (C=O) groups is 2. The number of rotatable bonds is 8. The first kappa shape index (κ1) is 30.1. The Balaban J connectivity index is 1.65. The lowest BCUT2D eigenvalue weighted by molar-refractivity contribution is -0.130. The maximum atomic E-state index is 13.6. The normalized spacial score (nSPS) is 17.3. The van der Waals surface area contributed by atoms with Crippen molar-refractivity contribution < 1.29 is 9.59 Å². The van der Waals surface area contributed by atoms with Crippen LogP contribution < -0.4 is 17.4 Å². The van der Waals surface area contributed by atoms with E-state index >= 15 is 0 Å². The van der Waals surface area contributed by atoms with Gasteiger partial charge in [-0.3, -0.25) is 14.6 Å². The number of halogens is 1. The first-order valence-corrected chi connectivity index (χ1v) is 13.3. The molecule has 1 aliphatic rings. The number of nitrogens with zero attached hydrogens (tertiary/aromatic N) is 6. The number of carbonyl (C=O) groups excluding carboxylic acids is 2. The number of nitrogens with two attached hydrogens (primary N) is 3. The van der Waals surface area contributed by atoms with Crippen LogP contribution >= 0.6 is 11.6 Å². The summed E-state index contributed by atoms with van der Waals surface area (Å²) in [4.78, 5) is 46.3. The molecule has 0 radical (unpaired) electrons. The van der Waals surface area contributed by atoms with Gasteiger partial charge in [-0.1, -0.05) is 47.1 Å². The fourth-order valence-corrected chi connectivity index (χ4v) is 4.68. The Morgan fingerprint density at radius 1 is 1.00 bits per heavy atom. The number of nitrogens with one attached hydrogen (secondary N) is 1. The molecule has 0 spiro atoms. The molecular weight excluding hydrogens is 560 g/mol. The molecule has 1 heterocycles. The van der Waals surface area contributed by atoms with Gasteiger partial charge in [0.05, 0.1) is 28.0 Å². The molecule has 3 aromatic rings. The van der Waals surface area contributed by atoms with Crippen LogP contribution in [-0.4, -0.2) is 44.7 Å². The SMILES string of the molecule is N=Nc1cccc(-c2ccc(Cl)c(C(=O)N(N)C(C=C(N)C(=O)N(N)C3CCC(N=O)CC3)=Nc3ccccc3)c2)n1. The third kappa shape index (κ3) is 7.07. The number of amides is 2. The van der Waals surface area contributed by atoms with Gasteiger partial charge < -0.3 is 5.73 Å². The van der Waals surface area contributed by atoms with Gasteiger partial charge in [-0.15, -0.1) is 5.11 Å². The summed E-state index contributed by atoms with van der Waals surface area (Å²) in [6.45, 7) is 0. The number of amidine groups is 1. The summed E-state index contributed by atoms with van der Waals surface area (Å²) in [5.41, 5.74) is 14.5. The molecule has 1 fully saturated rings. The summed E-state index contributed by atoms with van der Waals surface area (Å²) in [5.74, 6) is 11.0. The van der Waals surface area contributed by atoms with Crippen molar-refractivity contribution in [1.82, 2.24) is 15.0 Å². The average molecular weight is 589 g/mol.